The zero-order chi connectivity index (χ0) is 61.2. The maximum atomic E-state index is 12.8. The summed E-state index contributed by atoms with van der Waals surface area (Å²) in [5.41, 5.74) is 0. The van der Waals surface area contributed by atoms with Crippen molar-refractivity contribution in [1.82, 2.24) is 0 Å². The molecule has 2 unspecified atom stereocenters. The Morgan fingerprint density at radius 1 is 0.381 bits per heavy atom. The van der Waals surface area contributed by atoms with Crippen LogP contribution in [0, 0.1) is 0 Å². The number of nitrogens with zero attached hydrogens (tertiary/aromatic N) is 1. The molecule has 0 aromatic carbocycles. The molecule has 10 heteroatoms. The van der Waals surface area contributed by atoms with E-state index in [2.05, 4.69) is 98.9 Å². The summed E-state index contributed by atoms with van der Waals surface area (Å²) >= 11 is 0. The van der Waals surface area contributed by atoms with Crippen LogP contribution in [0.5, 0.6) is 0 Å². The van der Waals surface area contributed by atoms with E-state index in [0.29, 0.717) is 17.4 Å². The molecule has 0 bridgehead atoms. The largest absolute Gasteiger partial charge is 0.756 e. The lowest BCUT2D eigenvalue weighted by molar-refractivity contribution is -0.870. The number of carbonyl (C=O) groups excluding carboxylic acids is 2. The van der Waals surface area contributed by atoms with E-state index in [9.17, 15) is 19.0 Å². The number of hydrogen-bond donors (Lipinski definition) is 0. The molecule has 0 saturated carbocycles. The highest BCUT2D eigenvalue weighted by Crippen LogP contribution is 2.38. The van der Waals surface area contributed by atoms with Crippen molar-refractivity contribution >= 4 is 19.8 Å². The van der Waals surface area contributed by atoms with Crippen molar-refractivity contribution in [3.8, 4) is 0 Å². The zero-order valence-electron chi connectivity index (χ0n) is 55.6. The Kier molecular flexibility index (Phi) is 62.5. The topological polar surface area (TPSA) is 111 Å². The number of unbranched alkanes of at least 4 members (excludes halogenated alkanes) is 37. The summed E-state index contributed by atoms with van der Waals surface area (Å²) in [6.45, 7) is 4.14. The minimum absolute atomic E-state index is 0.0376. The van der Waals surface area contributed by atoms with Crippen molar-refractivity contribution in [1.29, 1.82) is 0 Å². The van der Waals surface area contributed by atoms with Gasteiger partial charge in [-0.05, 0) is 70.6 Å². The molecule has 0 amide bonds. The van der Waals surface area contributed by atoms with Crippen molar-refractivity contribution in [2.75, 3.05) is 47.5 Å². The number of quaternary nitrogens is 1. The van der Waals surface area contributed by atoms with Crippen molar-refractivity contribution in [3.05, 3.63) is 85.1 Å². The molecule has 0 aliphatic heterocycles. The Bertz CT molecular complexity index is 1690. The number of likely N-dealkylation sites (N-methyl/N-ethyl adjacent to an activating group) is 1. The van der Waals surface area contributed by atoms with Crippen LogP contribution in [0.2, 0.25) is 0 Å². The first kappa shape index (κ1) is 81.2. The third kappa shape index (κ3) is 68.3. The number of allylic oxidation sites excluding steroid dienone is 14. The van der Waals surface area contributed by atoms with E-state index in [1.54, 1.807) is 0 Å². The molecule has 0 N–H and O–H groups in total. The molecule has 0 radical (unpaired) electrons. The SMILES string of the molecule is CC/C=C\C/C=C\C/C=C\C/C=C\C/C=C\C/C=C\C/C=C\CCCCCCCC(=O)OC(COC(=O)CCCCCCCCCCCCCCCCCCCCCCCCCCCCCCCCCCC)COP(=O)([O-])OCC[N+](C)(C)C. The van der Waals surface area contributed by atoms with E-state index >= 15 is 0 Å². The average molecular weight is 1200 g/mol. The van der Waals surface area contributed by atoms with E-state index < -0.39 is 26.5 Å². The maximum absolute atomic E-state index is 12.8. The number of rotatable bonds is 65. The lowest BCUT2D eigenvalue weighted by atomic mass is 10.0. The van der Waals surface area contributed by atoms with Crippen LogP contribution >= 0.6 is 7.82 Å². The molecule has 0 aliphatic carbocycles. The minimum Gasteiger partial charge on any atom is -0.756 e. The van der Waals surface area contributed by atoms with Crippen molar-refractivity contribution in [2.45, 2.75) is 328 Å². The Hall–Kier alpha value is -2.81. The first-order valence-electron chi connectivity index (χ1n) is 35.3. The summed E-state index contributed by atoms with van der Waals surface area (Å²) < 4.78 is 34.3. The van der Waals surface area contributed by atoms with Gasteiger partial charge in [-0.3, -0.25) is 14.2 Å². The second-order valence-electron chi connectivity index (χ2n) is 24.9. The highest BCUT2D eigenvalue weighted by Gasteiger charge is 2.22. The second-order valence-corrected chi connectivity index (χ2v) is 26.3. The van der Waals surface area contributed by atoms with E-state index in [4.69, 9.17) is 18.5 Å². The average Bonchev–Trinajstić information content (AvgIpc) is 3.61. The number of carbonyl (C=O) groups is 2. The van der Waals surface area contributed by atoms with E-state index in [0.717, 1.165) is 96.3 Å². The van der Waals surface area contributed by atoms with Gasteiger partial charge in [-0.25, -0.2) is 0 Å². The van der Waals surface area contributed by atoms with Crippen LogP contribution in [0.3, 0.4) is 0 Å². The molecule has 488 valence electrons. The molecule has 0 aromatic rings. The maximum Gasteiger partial charge on any atom is 0.306 e. The van der Waals surface area contributed by atoms with Gasteiger partial charge >= 0.3 is 11.9 Å². The smallest absolute Gasteiger partial charge is 0.306 e. The molecular formula is C74H134NO8P. The van der Waals surface area contributed by atoms with E-state index in [1.807, 2.05) is 21.1 Å². The van der Waals surface area contributed by atoms with Crippen molar-refractivity contribution in [3.63, 3.8) is 0 Å². The molecule has 9 nitrogen and oxygen atoms in total. The van der Waals surface area contributed by atoms with E-state index in [1.165, 1.54) is 193 Å². The van der Waals surface area contributed by atoms with Crippen LogP contribution in [-0.4, -0.2) is 70.0 Å². The number of ether oxygens (including phenoxy) is 2. The standard InChI is InChI=1S/C74H134NO8P/c1-6-8-10-12-14-16-18-20-22-24-26-28-30-32-34-35-36-37-38-39-41-42-44-46-48-50-52-54-56-58-60-62-64-66-73(76)80-70-72(71-82-84(78,79)81-69-68-75(3,4)5)83-74(77)67-65-63-61-59-57-55-53-51-49-47-45-43-40-33-31-29-27-25-23-21-19-17-15-13-11-9-7-2/h9,11,15,17,21,23,27,29,33,40,45,47,51,53,72H,6-8,10,12-14,16,18-20,22,24-26,28,30-32,34-39,41-44,46,48-50,52,54-71H2,1-5H3/b11-9-,17-15-,23-21-,29-27-,40-33-,47-45-,53-51-. The molecule has 0 aromatic heterocycles. The van der Waals surface area contributed by atoms with Gasteiger partial charge in [0.15, 0.2) is 6.10 Å². The summed E-state index contributed by atoms with van der Waals surface area (Å²) in [5, 5.41) is 0. The van der Waals surface area contributed by atoms with Gasteiger partial charge in [0.2, 0.25) is 0 Å². The molecule has 0 aliphatic rings. The minimum atomic E-state index is -4.65. The molecule has 0 heterocycles. The molecular weight excluding hydrogens is 1060 g/mol. The second kappa shape index (κ2) is 64.7. The molecule has 0 spiro atoms. The predicted octanol–water partition coefficient (Wildman–Crippen LogP) is 22.3. The van der Waals surface area contributed by atoms with Gasteiger partial charge in [0.1, 0.15) is 19.8 Å². The highest BCUT2D eigenvalue weighted by atomic mass is 31.2. The summed E-state index contributed by atoms with van der Waals surface area (Å²) in [4.78, 5) is 38.0. The molecule has 0 rings (SSSR count). The van der Waals surface area contributed by atoms with E-state index in [-0.39, 0.29) is 32.0 Å². The summed E-state index contributed by atoms with van der Waals surface area (Å²) in [7, 11) is 1.15. The fraction of sp³-hybridized carbons (Fsp3) is 0.784. The fourth-order valence-electron chi connectivity index (χ4n) is 10.1. The molecule has 0 fully saturated rings. The lowest BCUT2D eigenvalue weighted by Gasteiger charge is -2.28. The monoisotopic (exact) mass is 1200 g/mol. The van der Waals surface area contributed by atoms with Gasteiger partial charge < -0.3 is 27.9 Å². The van der Waals surface area contributed by atoms with Crippen LogP contribution in [0.1, 0.15) is 322 Å². The lowest BCUT2D eigenvalue weighted by Crippen LogP contribution is -2.37. The zero-order valence-corrected chi connectivity index (χ0v) is 56.5. The predicted molar refractivity (Wildman–Crippen MR) is 360 cm³/mol. The summed E-state index contributed by atoms with van der Waals surface area (Å²) in [5.74, 6) is -0.847. The number of phosphoric ester groups is 1. The van der Waals surface area contributed by atoms with Crippen molar-refractivity contribution < 1.29 is 42.1 Å². The van der Waals surface area contributed by atoms with Crippen molar-refractivity contribution in [2.24, 2.45) is 0 Å². The van der Waals surface area contributed by atoms with Crippen LogP contribution in [0.4, 0.5) is 0 Å². The first-order valence-corrected chi connectivity index (χ1v) is 36.8. The molecule has 2 atom stereocenters. The number of esters is 2. The Balaban J connectivity index is 4.05. The van der Waals surface area contributed by atoms with Crippen LogP contribution in [-0.2, 0) is 32.7 Å². The van der Waals surface area contributed by atoms with Gasteiger partial charge in [-0.2, -0.15) is 0 Å². The first-order chi connectivity index (χ1) is 41.0. The quantitative estimate of drug-likeness (QED) is 0.0195. The van der Waals surface area contributed by atoms with Gasteiger partial charge in [-0.15, -0.1) is 0 Å². The summed E-state index contributed by atoms with van der Waals surface area (Å²) in [6, 6.07) is 0. The Morgan fingerprint density at radius 2 is 0.679 bits per heavy atom. The Morgan fingerprint density at radius 3 is 1.01 bits per heavy atom. The van der Waals surface area contributed by atoms with Crippen LogP contribution < -0.4 is 4.89 Å². The van der Waals surface area contributed by atoms with Crippen LogP contribution in [0.25, 0.3) is 0 Å². The third-order valence-corrected chi connectivity index (χ3v) is 16.4. The molecule has 0 saturated heterocycles. The highest BCUT2D eigenvalue weighted by molar-refractivity contribution is 7.45. The van der Waals surface area contributed by atoms with Gasteiger partial charge in [0.05, 0.1) is 27.7 Å². The normalized spacial score (nSPS) is 13.6. The van der Waals surface area contributed by atoms with Gasteiger partial charge in [0.25, 0.3) is 7.82 Å². The van der Waals surface area contributed by atoms with Gasteiger partial charge in [-0.1, -0.05) is 324 Å². The van der Waals surface area contributed by atoms with Crippen LogP contribution in [0.15, 0.2) is 85.1 Å². The Labute approximate surface area is 520 Å². The van der Waals surface area contributed by atoms with Gasteiger partial charge in [0, 0.05) is 12.8 Å². The third-order valence-electron chi connectivity index (χ3n) is 15.4. The number of phosphoric acid groups is 1. The summed E-state index contributed by atoms with van der Waals surface area (Å²) in [6.07, 6.45) is 88.2. The fourth-order valence-corrected chi connectivity index (χ4v) is 10.8. The number of hydrogen-bond acceptors (Lipinski definition) is 8. The molecule has 84 heavy (non-hydrogen) atoms.